The zero-order valence-electron chi connectivity index (χ0n) is 13.4. The second kappa shape index (κ2) is 6.13. The van der Waals surface area contributed by atoms with E-state index in [1.54, 1.807) is 18.2 Å². The molecule has 1 atom stereocenters. The van der Waals surface area contributed by atoms with Crippen molar-refractivity contribution in [3.63, 3.8) is 0 Å². The first-order valence-corrected chi connectivity index (χ1v) is 9.63. The summed E-state index contributed by atoms with van der Waals surface area (Å²) in [6.07, 6.45) is 1.60. The van der Waals surface area contributed by atoms with Crippen LogP contribution in [0.25, 0.3) is 0 Å². The van der Waals surface area contributed by atoms with Crippen molar-refractivity contribution < 1.29 is 13.2 Å². The highest BCUT2D eigenvalue weighted by Gasteiger charge is 2.30. The van der Waals surface area contributed by atoms with Crippen LogP contribution in [0.2, 0.25) is 0 Å². The van der Waals surface area contributed by atoms with Crippen LogP contribution in [0.15, 0.2) is 18.2 Å². The van der Waals surface area contributed by atoms with Crippen LogP contribution in [-0.4, -0.2) is 51.2 Å². The van der Waals surface area contributed by atoms with Gasteiger partial charge in [-0.15, -0.1) is 0 Å². The van der Waals surface area contributed by atoms with E-state index in [4.69, 9.17) is 5.73 Å². The maximum atomic E-state index is 12.6. The molecule has 0 bridgehead atoms. The van der Waals surface area contributed by atoms with Crippen LogP contribution in [0.4, 0.5) is 5.69 Å². The number of carbonyl (C=O) groups is 1. The quantitative estimate of drug-likeness (QED) is 0.890. The van der Waals surface area contributed by atoms with E-state index in [9.17, 15) is 13.2 Å². The van der Waals surface area contributed by atoms with E-state index in [0.717, 1.165) is 18.5 Å². The summed E-state index contributed by atoms with van der Waals surface area (Å²) in [4.78, 5) is 14.5. The highest BCUT2D eigenvalue weighted by molar-refractivity contribution is 7.93. The van der Waals surface area contributed by atoms with Crippen LogP contribution in [0.5, 0.6) is 0 Å². The zero-order chi connectivity index (χ0) is 16.6. The third-order valence-electron chi connectivity index (χ3n) is 4.73. The Kier molecular flexibility index (Phi) is 4.33. The second-order valence-electron chi connectivity index (χ2n) is 6.38. The fourth-order valence-corrected chi connectivity index (χ4v) is 4.91. The molecule has 2 aliphatic rings. The molecule has 1 amide bonds. The molecule has 0 aliphatic carbocycles. The highest BCUT2D eigenvalue weighted by atomic mass is 32.2. The van der Waals surface area contributed by atoms with Crippen molar-refractivity contribution in [3.05, 3.63) is 29.3 Å². The van der Waals surface area contributed by atoms with Gasteiger partial charge in [0.2, 0.25) is 10.0 Å². The van der Waals surface area contributed by atoms with Gasteiger partial charge in [-0.05, 0) is 56.0 Å². The Labute approximate surface area is 137 Å². The van der Waals surface area contributed by atoms with Crippen molar-refractivity contribution in [1.82, 2.24) is 4.90 Å². The summed E-state index contributed by atoms with van der Waals surface area (Å²) < 4.78 is 25.5. The van der Waals surface area contributed by atoms with Crippen molar-refractivity contribution in [2.75, 3.05) is 36.2 Å². The largest absolute Gasteiger partial charge is 0.338 e. The Hall–Kier alpha value is -1.60. The van der Waals surface area contributed by atoms with Crippen LogP contribution in [0.1, 0.15) is 28.8 Å². The lowest BCUT2D eigenvalue weighted by molar-refractivity contribution is 0.0787. The van der Waals surface area contributed by atoms with E-state index in [-0.39, 0.29) is 11.7 Å². The maximum absolute atomic E-state index is 12.6. The molecule has 0 saturated carbocycles. The van der Waals surface area contributed by atoms with Gasteiger partial charge >= 0.3 is 0 Å². The Bertz CT molecular complexity index is 717. The van der Waals surface area contributed by atoms with Crippen molar-refractivity contribution in [2.24, 2.45) is 11.7 Å². The van der Waals surface area contributed by atoms with E-state index in [2.05, 4.69) is 0 Å². The molecule has 1 unspecified atom stereocenters. The summed E-state index contributed by atoms with van der Waals surface area (Å²) in [5.74, 6) is 0.587. The Morgan fingerprint density at radius 1 is 1.35 bits per heavy atom. The molecular weight excluding hydrogens is 314 g/mol. The number of aryl methyl sites for hydroxylation is 1. The van der Waals surface area contributed by atoms with Crippen LogP contribution < -0.4 is 10.0 Å². The van der Waals surface area contributed by atoms with Crippen molar-refractivity contribution >= 4 is 21.6 Å². The van der Waals surface area contributed by atoms with Gasteiger partial charge < -0.3 is 10.6 Å². The molecular formula is C16H23N3O3S. The Morgan fingerprint density at radius 3 is 2.70 bits per heavy atom. The molecule has 6 nitrogen and oxygen atoms in total. The normalized spacial score (nSPS) is 23.5. The van der Waals surface area contributed by atoms with E-state index in [1.807, 2.05) is 11.8 Å². The molecule has 2 N–H and O–H groups in total. The molecule has 7 heteroatoms. The van der Waals surface area contributed by atoms with Gasteiger partial charge in [-0.1, -0.05) is 0 Å². The number of rotatable bonds is 3. The SMILES string of the molecule is Cc1cc(N2CCCS2(=O)=O)ccc1C(=O)N1CCC(CN)C1. The molecule has 2 heterocycles. The Balaban J connectivity index is 1.81. The molecule has 1 aromatic rings. The summed E-state index contributed by atoms with van der Waals surface area (Å²) in [6, 6.07) is 5.28. The third-order valence-corrected chi connectivity index (χ3v) is 6.60. The molecule has 23 heavy (non-hydrogen) atoms. The molecule has 1 aromatic carbocycles. The number of anilines is 1. The summed E-state index contributed by atoms with van der Waals surface area (Å²) in [5, 5.41) is 0. The van der Waals surface area contributed by atoms with E-state index < -0.39 is 10.0 Å². The summed E-state index contributed by atoms with van der Waals surface area (Å²) in [6.45, 7) is 4.42. The van der Waals surface area contributed by atoms with Gasteiger partial charge in [0.05, 0.1) is 11.4 Å². The van der Waals surface area contributed by atoms with E-state index in [1.165, 1.54) is 4.31 Å². The number of hydrogen-bond acceptors (Lipinski definition) is 4. The summed E-state index contributed by atoms with van der Waals surface area (Å²) >= 11 is 0. The summed E-state index contributed by atoms with van der Waals surface area (Å²) in [5.41, 5.74) is 7.78. The van der Waals surface area contributed by atoms with Crippen molar-refractivity contribution in [1.29, 1.82) is 0 Å². The predicted molar refractivity (Wildman–Crippen MR) is 90.0 cm³/mol. The first-order valence-electron chi connectivity index (χ1n) is 8.03. The minimum Gasteiger partial charge on any atom is -0.338 e. The second-order valence-corrected chi connectivity index (χ2v) is 8.40. The van der Waals surface area contributed by atoms with E-state index >= 15 is 0 Å². The lowest BCUT2D eigenvalue weighted by atomic mass is 10.1. The molecule has 126 valence electrons. The fraction of sp³-hybridized carbons (Fsp3) is 0.562. The third kappa shape index (κ3) is 3.07. The number of sulfonamides is 1. The minimum absolute atomic E-state index is 0.00859. The number of likely N-dealkylation sites (tertiary alicyclic amines) is 1. The molecule has 0 spiro atoms. The van der Waals surface area contributed by atoms with Crippen LogP contribution in [0.3, 0.4) is 0 Å². The molecule has 2 fully saturated rings. The van der Waals surface area contributed by atoms with E-state index in [0.29, 0.717) is 43.2 Å². The van der Waals surface area contributed by atoms with Crippen molar-refractivity contribution in [2.45, 2.75) is 19.8 Å². The first kappa shape index (κ1) is 16.3. The number of carbonyl (C=O) groups excluding carboxylic acids is 1. The molecule has 2 saturated heterocycles. The van der Waals surface area contributed by atoms with Gasteiger partial charge in [0, 0.05) is 25.2 Å². The predicted octanol–water partition coefficient (Wildman–Crippen LogP) is 0.956. The van der Waals surface area contributed by atoms with Crippen LogP contribution >= 0.6 is 0 Å². The van der Waals surface area contributed by atoms with Gasteiger partial charge in [-0.2, -0.15) is 0 Å². The fourth-order valence-electron chi connectivity index (χ4n) is 3.35. The lowest BCUT2D eigenvalue weighted by Gasteiger charge is -2.21. The number of nitrogens with zero attached hydrogens (tertiary/aromatic N) is 2. The Morgan fingerprint density at radius 2 is 2.13 bits per heavy atom. The van der Waals surface area contributed by atoms with Gasteiger partial charge in [0.15, 0.2) is 0 Å². The number of nitrogens with two attached hydrogens (primary N) is 1. The van der Waals surface area contributed by atoms with Crippen molar-refractivity contribution in [3.8, 4) is 0 Å². The topological polar surface area (TPSA) is 83.7 Å². The van der Waals surface area contributed by atoms with Gasteiger partial charge in [-0.3, -0.25) is 9.10 Å². The number of benzene rings is 1. The highest BCUT2D eigenvalue weighted by Crippen LogP contribution is 2.27. The first-order chi connectivity index (χ1) is 10.9. The lowest BCUT2D eigenvalue weighted by Crippen LogP contribution is -2.30. The van der Waals surface area contributed by atoms with Gasteiger partial charge in [0.1, 0.15) is 0 Å². The number of amides is 1. The van der Waals surface area contributed by atoms with Gasteiger partial charge in [0.25, 0.3) is 5.91 Å². The van der Waals surface area contributed by atoms with Crippen LogP contribution in [0, 0.1) is 12.8 Å². The molecule has 2 aliphatic heterocycles. The smallest absolute Gasteiger partial charge is 0.254 e. The monoisotopic (exact) mass is 337 g/mol. The molecule has 0 radical (unpaired) electrons. The zero-order valence-corrected chi connectivity index (χ0v) is 14.2. The average molecular weight is 337 g/mol. The maximum Gasteiger partial charge on any atom is 0.254 e. The molecule has 3 rings (SSSR count). The minimum atomic E-state index is -3.19. The standard InChI is InChI=1S/C16H23N3O3S/c1-12-9-14(19-6-2-8-23(19,21)22)3-4-15(12)16(20)18-7-5-13(10-17)11-18/h3-4,9,13H,2,5-8,10-11,17H2,1H3. The number of hydrogen-bond donors (Lipinski definition) is 1. The van der Waals surface area contributed by atoms with Gasteiger partial charge in [-0.25, -0.2) is 8.42 Å². The summed E-state index contributed by atoms with van der Waals surface area (Å²) in [7, 11) is -3.19. The average Bonchev–Trinajstić information content (AvgIpc) is 3.12. The van der Waals surface area contributed by atoms with Crippen LogP contribution in [-0.2, 0) is 10.0 Å². The molecule has 0 aromatic heterocycles.